The fourth-order valence-corrected chi connectivity index (χ4v) is 4.41. The zero-order valence-electron chi connectivity index (χ0n) is 13.4. The topological polar surface area (TPSA) is 70.4 Å². The van der Waals surface area contributed by atoms with Crippen LogP contribution in [-0.2, 0) is 12.8 Å². The number of phenols is 1. The summed E-state index contributed by atoms with van der Waals surface area (Å²) in [6.45, 7) is 1.90. The van der Waals surface area contributed by atoms with Crippen LogP contribution in [0.3, 0.4) is 0 Å². The van der Waals surface area contributed by atoms with Crippen molar-refractivity contribution in [1.82, 2.24) is 9.97 Å². The number of aromatic nitrogens is 2. The van der Waals surface area contributed by atoms with Gasteiger partial charge in [0.25, 0.3) is 0 Å². The minimum atomic E-state index is 0.208. The van der Waals surface area contributed by atoms with Gasteiger partial charge >= 0.3 is 0 Å². The second kappa shape index (κ2) is 6.20. The van der Waals surface area contributed by atoms with E-state index in [1.807, 2.05) is 19.1 Å². The van der Waals surface area contributed by atoms with Crippen LogP contribution in [0, 0.1) is 6.92 Å². The maximum absolute atomic E-state index is 9.81. The van der Waals surface area contributed by atoms with E-state index in [9.17, 15) is 5.11 Å². The van der Waals surface area contributed by atoms with Gasteiger partial charge in [0.1, 0.15) is 16.4 Å². The molecule has 0 saturated carbocycles. The molecule has 0 spiro atoms. The van der Waals surface area contributed by atoms with Gasteiger partial charge in [0.05, 0.1) is 11.6 Å². The monoisotopic (exact) mass is 338 g/mol. The first-order valence-corrected chi connectivity index (χ1v) is 8.90. The summed E-state index contributed by atoms with van der Waals surface area (Å²) in [5, 5.41) is 15.2. The van der Waals surface area contributed by atoms with Crippen molar-refractivity contribution >= 4 is 33.6 Å². The number of hydrogen-bond acceptors (Lipinski definition) is 6. The molecule has 1 aliphatic rings. The Morgan fingerprint density at radius 3 is 2.92 bits per heavy atom. The number of aryl methyl sites for hydroxylation is 3. The van der Waals surface area contributed by atoms with Crippen molar-refractivity contribution in [3.05, 3.63) is 46.1 Å². The number of thiophene rings is 1. The molecule has 0 unspecified atom stereocenters. The van der Waals surface area contributed by atoms with E-state index in [0.717, 1.165) is 34.7 Å². The first-order valence-electron chi connectivity index (χ1n) is 8.08. The zero-order valence-corrected chi connectivity index (χ0v) is 14.2. The molecule has 1 aliphatic carbocycles. The average molecular weight is 338 g/mol. The summed E-state index contributed by atoms with van der Waals surface area (Å²) in [5.41, 5.74) is 5.10. The average Bonchev–Trinajstić information content (AvgIpc) is 2.94. The van der Waals surface area contributed by atoms with Crippen molar-refractivity contribution in [2.75, 3.05) is 5.43 Å². The van der Waals surface area contributed by atoms with Crippen LogP contribution in [0.2, 0.25) is 0 Å². The molecule has 0 radical (unpaired) electrons. The fourth-order valence-electron chi connectivity index (χ4n) is 3.10. The van der Waals surface area contributed by atoms with Gasteiger partial charge in [-0.15, -0.1) is 11.3 Å². The molecule has 5 nitrogen and oxygen atoms in total. The van der Waals surface area contributed by atoms with E-state index >= 15 is 0 Å². The summed E-state index contributed by atoms with van der Waals surface area (Å²) in [6.07, 6.45) is 6.29. The van der Waals surface area contributed by atoms with Crippen LogP contribution in [0.25, 0.3) is 10.2 Å². The zero-order chi connectivity index (χ0) is 16.5. The predicted molar refractivity (Wildman–Crippen MR) is 98.1 cm³/mol. The Kier molecular flexibility index (Phi) is 3.90. The standard InChI is InChI=1S/C18H18N4OS/c1-11-20-17(22-19-10-12-6-2-4-8-14(12)23)16-13-7-3-5-9-15(13)24-18(16)21-11/h2,4,6,8,10,23H,3,5,7,9H2,1H3,(H,20,21,22). The molecule has 3 aromatic rings. The normalized spacial score (nSPS) is 14.2. The highest BCUT2D eigenvalue weighted by molar-refractivity contribution is 7.19. The quantitative estimate of drug-likeness (QED) is 0.559. The highest BCUT2D eigenvalue weighted by Crippen LogP contribution is 2.38. The molecular formula is C18H18N4OS. The van der Waals surface area contributed by atoms with Gasteiger partial charge in [-0.3, -0.25) is 5.43 Å². The van der Waals surface area contributed by atoms with Gasteiger partial charge in [-0.05, 0) is 50.3 Å². The van der Waals surface area contributed by atoms with E-state index < -0.39 is 0 Å². The fraction of sp³-hybridized carbons (Fsp3) is 0.278. The predicted octanol–water partition coefficient (Wildman–Crippen LogP) is 4.03. The third kappa shape index (κ3) is 2.73. The van der Waals surface area contributed by atoms with Gasteiger partial charge < -0.3 is 5.11 Å². The third-order valence-corrected chi connectivity index (χ3v) is 5.42. The van der Waals surface area contributed by atoms with E-state index in [1.54, 1.807) is 29.7 Å². The lowest BCUT2D eigenvalue weighted by Crippen LogP contribution is -2.02. The summed E-state index contributed by atoms with van der Waals surface area (Å²) < 4.78 is 0. The molecule has 0 aliphatic heterocycles. The van der Waals surface area contributed by atoms with Crippen molar-refractivity contribution in [2.45, 2.75) is 32.6 Å². The number of anilines is 1. The number of benzene rings is 1. The molecule has 0 atom stereocenters. The Balaban J connectivity index is 1.71. The van der Waals surface area contributed by atoms with E-state index in [2.05, 4.69) is 20.5 Å². The number of hydrogen-bond donors (Lipinski definition) is 2. The molecule has 0 saturated heterocycles. The smallest absolute Gasteiger partial charge is 0.158 e. The molecular weight excluding hydrogens is 320 g/mol. The van der Waals surface area contributed by atoms with Crippen LogP contribution < -0.4 is 5.43 Å². The van der Waals surface area contributed by atoms with Gasteiger partial charge in [-0.25, -0.2) is 9.97 Å². The van der Waals surface area contributed by atoms with Crippen LogP contribution in [0.5, 0.6) is 5.75 Å². The van der Waals surface area contributed by atoms with Gasteiger partial charge in [-0.1, -0.05) is 12.1 Å². The lowest BCUT2D eigenvalue weighted by atomic mass is 9.97. The van der Waals surface area contributed by atoms with Crippen LogP contribution in [0.4, 0.5) is 5.82 Å². The third-order valence-electron chi connectivity index (χ3n) is 4.24. The second-order valence-corrected chi connectivity index (χ2v) is 7.02. The van der Waals surface area contributed by atoms with Crippen molar-refractivity contribution in [2.24, 2.45) is 5.10 Å². The molecule has 0 bridgehead atoms. The summed E-state index contributed by atoms with van der Waals surface area (Å²) in [5.74, 6) is 1.70. The minimum Gasteiger partial charge on any atom is -0.507 e. The van der Waals surface area contributed by atoms with Gasteiger partial charge in [-0.2, -0.15) is 5.10 Å². The maximum Gasteiger partial charge on any atom is 0.158 e. The lowest BCUT2D eigenvalue weighted by molar-refractivity contribution is 0.474. The van der Waals surface area contributed by atoms with E-state index in [-0.39, 0.29) is 5.75 Å². The second-order valence-electron chi connectivity index (χ2n) is 5.94. The summed E-state index contributed by atoms with van der Waals surface area (Å²) in [6, 6.07) is 7.11. The SMILES string of the molecule is Cc1nc(NN=Cc2ccccc2O)c2c3c(sc2n1)CCCC3. The Morgan fingerprint density at radius 1 is 1.21 bits per heavy atom. The minimum absolute atomic E-state index is 0.208. The highest BCUT2D eigenvalue weighted by Gasteiger charge is 2.20. The number of hydrazone groups is 1. The van der Waals surface area contributed by atoms with E-state index in [1.165, 1.54) is 23.3 Å². The molecule has 4 rings (SSSR count). The highest BCUT2D eigenvalue weighted by atomic mass is 32.1. The number of aromatic hydroxyl groups is 1. The number of nitrogens with zero attached hydrogens (tertiary/aromatic N) is 3. The lowest BCUT2D eigenvalue weighted by Gasteiger charge is -2.11. The molecule has 0 fully saturated rings. The Morgan fingerprint density at radius 2 is 2.04 bits per heavy atom. The van der Waals surface area contributed by atoms with E-state index in [0.29, 0.717) is 5.56 Å². The summed E-state index contributed by atoms with van der Waals surface area (Å²) in [7, 11) is 0. The molecule has 122 valence electrons. The number of nitrogens with one attached hydrogen (secondary N) is 1. The van der Waals surface area contributed by atoms with Crippen molar-refractivity contribution < 1.29 is 5.11 Å². The van der Waals surface area contributed by atoms with Crippen molar-refractivity contribution in [3.63, 3.8) is 0 Å². The molecule has 2 aromatic heterocycles. The van der Waals surface area contributed by atoms with Crippen molar-refractivity contribution in [3.8, 4) is 5.75 Å². The van der Waals surface area contributed by atoms with Gasteiger partial charge in [0.2, 0.25) is 0 Å². The summed E-state index contributed by atoms with van der Waals surface area (Å²) >= 11 is 1.78. The van der Waals surface area contributed by atoms with Crippen LogP contribution >= 0.6 is 11.3 Å². The van der Waals surface area contributed by atoms with Crippen molar-refractivity contribution in [1.29, 1.82) is 0 Å². The molecule has 6 heteroatoms. The largest absolute Gasteiger partial charge is 0.507 e. The molecule has 24 heavy (non-hydrogen) atoms. The molecule has 2 heterocycles. The van der Waals surface area contributed by atoms with Crippen LogP contribution in [0.15, 0.2) is 29.4 Å². The molecule has 1 aromatic carbocycles. The Labute approximate surface area is 144 Å². The summed E-state index contributed by atoms with van der Waals surface area (Å²) in [4.78, 5) is 11.6. The molecule has 0 amide bonds. The number of rotatable bonds is 3. The van der Waals surface area contributed by atoms with Crippen LogP contribution in [-0.4, -0.2) is 21.3 Å². The number of para-hydroxylation sites is 1. The number of phenolic OH excluding ortho intramolecular Hbond substituents is 1. The molecule has 2 N–H and O–H groups in total. The Bertz CT molecular complexity index is 932. The van der Waals surface area contributed by atoms with Gasteiger partial charge in [0.15, 0.2) is 5.82 Å². The Hall–Kier alpha value is -2.47. The first-order chi connectivity index (χ1) is 11.7. The maximum atomic E-state index is 9.81. The van der Waals surface area contributed by atoms with E-state index in [4.69, 9.17) is 0 Å². The van der Waals surface area contributed by atoms with Crippen LogP contribution in [0.1, 0.15) is 34.7 Å². The first kappa shape index (κ1) is 15.1. The number of fused-ring (bicyclic) bond motifs is 3. The van der Waals surface area contributed by atoms with Gasteiger partial charge in [0, 0.05) is 10.4 Å².